The van der Waals surface area contributed by atoms with Gasteiger partial charge in [-0.2, -0.15) is 0 Å². The fraction of sp³-hybridized carbons (Fsp3) is 0.550. The summed E-state index contributed by atoms with van der Waals surface area (Å²) in [6.07, 6.45) is 13.3. The van der Waals surface area contributed by atoms with Crippen LogP contribution in [0.3, 0.4) is 0 Å². The van der Waals surface area contributed by atoms with E-state index in [-0.39, 0.29) is 0 Å². The third kappa shape index (κ3) is 5.29. The standard InChI is InChI=1S/C8H6N4.C6H11NO.C6H13N/c1-2-10-8-7(1)12-5-9-3-6(12)4-11-8;8-6-7-4-2-1-3-5-7;1-6-3-4-7(2)5-6/h1-5,10H;6H,1-5H2;6H,3-5H2,1-2H3/t;;6-/m..0/s1. The van der Waals surface area contributed by atoms with E-state index in [0.717, 1.165) is 42.1 Å². The van der Waals surface area contributed by atoms with Crippen LogP contribution in [0.25, 0.3) is 16.7 Å². The molecule has 2 aliphatic rings. The highest BCUT2D eigenvalue weighted by Crippen LogP contribution is 2.12. The van der Waals surface area contributed by atoms with E-state index in [1.807, 2.05) is 21.6 Å². The second-order valence-electron chi connectivity index (χ2n) is 7.52. The van der Waals surface area contributed by atoms with E-state index in [9.17, 15) is 4.79 Å². The lowest BCUT2D eigenvalue weighted by atomic mass is 10.1. The minimum atomic E-state index is 0.889. The number of hydrogen-bond acceptors (Lipinski definition) is 4. The number of aromatic nitrogens is 4. The minimum absolute atomic E-state index is 0.889. The van der Waals surface area contributed by atoms with Gasteiger partial charge >= 0.3 is 0 Å². The van der Waals surface area contributed by atoms with Gasteiger partial charge in [0.15, 0.2) is 5.65 Å². The highest BCUT2D eigenvalue weighted by Gasteiger charge is 2.13. The largest absolute Gasteiger partial charge is 0.345 e. The SMILES string of the molecule is C[C@H]1CCN(C)C1.O=CN1CCCCC1.c1cc2c(ncc3cncn32)[nH]1. The van der Waals surface area contributed by atoms with Crippen molar-refractivity contribution in [2.24, 2.45) is 5.92 Å². The highest BCUT2D eigenvalue weighted by molar-refractivity contribution is 5.74. The zero-order valence-corrected chi connectivity index (χ0v) is 16.3. The predicted molar refractivity (Wildman–Crippen MR) is 108 cm³/mol. The second kappa shape index (κ2) is 9.50. The van der Waals surface area contributed by atoms with Crippen LogP contribution in [0.1, 0.15) is 32.6 Å². The van der Waals surface area contributed by atoms with Crippen LogP contribution in [0.4, 0.5) is 0 Å². The number of hydrogen-bond donors (Lipinski definition) is 1. The molecule has 0 bridgehead atoms. The van der Waals surface area contributed by atoms with E-state index in [1.54, 1.807) is 18.7 Å². The van der Waals surface area contributed by atoms with Crippen molar-refractivity contribution in [1.29, 1.82) is 0 Å². The summed E-state index contributed by atoms with van der Waals surface area (Å²) in [7, 11) is 2.18. The number of nitrogens with one attached hydrogen (secondary N) is 1. The van der Waals surface area contributed by atoms with Gasteiger partial charge in [0.1, 0.15) is 0 Å². The molecule has 0 aromatic carbocycles. The Morgan fingerprint density at radius 1 is 1.19 bits per heavy atom. The number of aromatic amines is 1. The van der Waals surface area contributed by atoms with Gasteiger partial charge in [0.25, 0.3) is 0 Å². The number of nitrogens with zero attached hydrogens (tertiary/aromatic N) is 5. The van der Waals surface area contributed by atoms with Gasteiger partial charge in [-0.1, -0.05) is 6.92 Å². The second-order valence-corrected chi connectivity index (χ2v) is 7.52. The zero-order chi connectivity index (χ0) is 19.1. The first kappa shape index (κ1) is 19.4. The molecule has 5 heterocycles. The number of rotatable bonds is 1. The normalized spacial score (nSPS) is 20.1. The molecule has 2 saturated heterocycles. The van der Waals surface area contributed by atoms with Crippen molar-refractivity contribution in [2.45, 2.75) is 32.6 Å². The molecule has 7 nitrogen and oxygen atoms in total. The first-order valence-electron chi connectivity index (χ1n) is 9.79. The number of H-pyrrole nitrogens is 1. The summed E-state index contributed by atoms with van der Waals surface area (Å²) in [6.45, 7) is 6.87. The molecule has 0 aliphatic carbocycles. The Bertz CT molecular complexity index is 778. The van der Waals surface area contributed by atoms with Crippen LogP contribution in [-0.4, -0.2) is 68.8 Å². The first-order valence-corrected chi connectivity index (χ1v) is 9.79. The lowest BCUT2D eigenvalue weighted by molar-refractivity contribution is -0.118. The molecular weight excluding hydrogens is 340 g/mol. The van der Waals surface area contributed by atoms with Crippen molar-refractivity contribution >= 4 is 23.1 Å². The molecule has 2 fully saturated rings. The average molecular weight is 371 g/mol. The Labute approximate surface area is 160 Å². The van der Waals surface area contributed by atoms with Crippen LogP contribution >= 0.6 is 0 Å². The van der Waals surface area contributed by atoms with Gasteiger partial charge in [0, 0.05) is 25.8 Å². The van der Waals surface area contributed by atoms with Crippen molar-refractivity contribution in [3.63, 3.8) is 0 Å². The Kier molecular flexibility index (Phi) is 6.81. The van der Waals surface area contributed by atoms with E-state index in [1.165, 1.54) is 38.8 Å². The van der Waals surface area contributed by atoms with Crippen molar-refractivity contribution in [3.05, 3.63) is 31.0 Å². The summed E-state index contributed by atoms with van der Waals surface area (Å²) >= 11 is 0. The Morgan fingerprint density at radius 3 is 2.59 bits per heavy atom. The third-order valence-corrected chi connectivity index (χ3v) is 5.12. The van der Waals surface area contributed by atoms with Gasteiger partial charge in [-0.15, -0.1) is 0 Å². The van der Waals surface area contributed by atoms with E-state index in [0.29, 0.717) is 0 Å². The highest BCUT2D eigenvalue weighted by atomic mass is 16.1. The number of amides is 1. The van der Waals surface area contributed by atoms with Crippen LogP contribution in [0.15, 0.2) is 31.0 Å². The first-order chi connectivity index (χ1) is 13.2. The van der Waals surface area contributed by atoms with E-state index >= 15 is 0 Å². The third-order valence-electron chi connectivity index (χ3n) is 5.12. The van der Waals surface area contributed by atoms with Gasteiger partial charge in [-0.05, 0) is 51.3 Å². The van der Waals surface area contributed by atoms with Gasteiger partial charge < -0.3 is 14.8 Å². The molecule has 146 valence electrons. The smallest absolute Gasteiger partial charge is 0.209 e. The molecule has 1 N–H and O–H groups in total. The topological polar surface area (TPSA) is 69.5 Å². The fourth-order valence-corrected chi connectivity index (χ4v) is 3.56. The predicted octanol–water partition coefficient (Wildman–Crippen LogP) is 2.80. The number of fused-ring (bicyclic) bond motifs is 3. The lowest BCUT2D eigenvalue weighted by Gasteiger charge is -2.21. The summed E-state index contributed by atoms with van der Waals surface area (Å²) in [5.74, 6) is 0.949. The molecule has 0 unspecified atom stereocenters. The van der Waals surface area contributed by atoms with Crippen molar-refractivity contribution < 1.29 is 4.79 Å². The number of likely N-dealkylation sites (tertiary alicyclic amines) is 2. The molecule has 27 heavy (non-hydrogen) atoms. The number of imidazole rings is 1. The van der Waals surface area contributed by atoms with E-state index in [2.05, 4.69) is 33.8 Å². The summed E-state index contributed by atoms with van der Waals surface area (Å²) in [5.41, 5.74) is 2.97. The maximum atomic E-state index is 10.1. The molecule has 5 rings (SSSR count). The van der Waals surface area contributed by atoms with Crippen LogP contribution in [0.5, 0.6) is 0 Å². The maximum absolute atomic E-state index is 10.1. The molecule has 0 spiro atoms. The summed E-state index contributed by atoms with van der Waals surface area (Å²) in [4.78, 5) is 25.6. The summed E-state index contributed by atoms with van der Waals surface area (Å²) in [5, 5.41) is 0. The van der Waals surface area contributed by atoms with Crippen LogP contribution in [-0.2, 0) is 4.79 Å². The molecule has 7 heteroatoms. The summed E-state index contributed by atoms with van der Waals surface area (Å²) in [6, 6.07) is 1.98. The van der Waals surface area contributed by atoms with Gasteiger partial charge in [0.2, 0.25) is 6.41 Å². The summed E-state index contributed by atoms with van der Waals surface area (Å²) < 4.78 is 2.00. The van der Waals surface area contributed by atoms with Crippen molar-refractivity contribution in [2.75, 3.05) is 33.2 Å². The number of carbonyl (C=O) groups is 1. The number of carbonyl (C=O) groups excluding carboxylic acids is 1. The molecule has 1 amide bonds. The molecule has 3 aromatic heterocycles. The minimum Gasteiger partial charge on any atom is -0.345 e. The molecule has 0 saturated carbocycles. The monoisotopic (exact) mass is 370 g/mol. The van der Waals surface area contributed by atoms with Gasteiger partial charge in [-0.3, -0.25) is 9.20 Å². The molecular formula is C20H30N6O. The Balaban J connectivity index is 0.000000124. The van der Waals surface area contributed by atoms with E-state index in [4.69, 9.17) is 0 Å². The Hall–Kier alpha value is -2.41. The van der Waals surface area contributed by atoms with E-state index < -0.39 is 0 Å². The van der Waals surface area contributed by atoms with Gasteiger partial charge in [0.05, 0.1) is 29.8 Å². The maximum Gasteiger partial charge on any atom is 0.209 e. The quantitative estimate of drug-likeness (QED) is 0.669. The molecule has 3 aromatic rings. The molecule has 2 aliphatic heterocycles. The lowest BCUT2D eigenvalue weighted by Crippen LogP contribution is -2.27. The Morgan fingerprint density at radius 2 is 2.00 bits per heavy atom. The zero-order valence-electron chi connectivity index (χ0n) is 16.3. The van der Waals surface area contributed by atoms with Crippen LogP contribution in [0, 0.1) is 5.92 Å². The van der Waals surface area contributed by atoms with Crippen molar-refractivity contribution in [3.8, 4) is 0 Å². The van der Waals surface area contributed by atoms with Crippen molar-refractivity contribution in [1.82, 2.24) is 29.2 Å². The van der Waals surface area contributed by atoms with Gasteiger partial charge in [-0.25, -0.2) is 9.97 Å². The molecule has 0 radical (unpaired) electrons. The fourth-order valence-electron chi connectivity index (χ4n) is 3.56. The number of piperidine rings is 1. The van der Waals surface area contributed by atoms with Crippen LogP contribution < -0.4 is 0 Å². The van der Waals surface area contributed by atoms with Crippen LogP contribution in [0.2, 0.25) is 0 Å². The molecule has 1 atom stereocenters. The average Bonchev–Trinajstić information content (AvgIpc) is 3.43.